The molecular weight excluding hydrogens is 264 g/mol. The van der Waals surface area contributed by atoms with Crippen LogP contribution in [0.15, 0.2) is 54.6 Å². The molecule has 0 radical (unpaired) electrons. The molecule has 0 bridgehead atoms. The Morgan fingerprint density at radius 2 is 1.67 bits per heavy atom. The molecule has 21 heavy (non-hydrogen) atoms. The predicted molar refractivity (Wildman–Crippen MR) is 77.8 cm³/mol. The average Bonchev–Trinajstić information content (AvgIpc) is 3.34. The Bertz CT molecular complexity index is 680. The standard InChI is InChI=1S/C18H16O3/c1-20-18(19)15-14(11-7-3-2-4-8-11)12-9-5-6-10-13(12)16-17(15)21-16/h2-10,14-17H,1H3/t14-,15+,16-,17+/m1/s1. The summed E-state index contributed by atoms with van der Waals surface area (Å²) in [5.41, 5.74) is 3.52. The molecule has 2 aliphatic rings. The number of carbonyl (C=O) groups is 1. The number of carbonyl (C=O) groups excluding carboxylic acids is 1. The van der Waals surface area contributed by atoms with Crippen molar-refractivity contribution in [2.24, 2.45) is 5.92 Å². The summed E-state index contributed by atoms with van der Waals surface area (Å²) in [5.74, 6) is -0.457. The largest absolute Gasteiger partial charge is 0.469 e. The summed E-state index contributed by atoms with van der Waals surface area (Å²) in [4.78, 5) is 12.3. The van der Waals surface area contributed by atoms with Crippen LogP contribution >= 0.6 is 0 Å². The highest BCUT2D eigenvalue weighted by Gasteiger charge is 2.57. The highest BCUT2D eigenvalue weighted by Crippen LogP contribution is 2.56. The van der Waals surface area contributed by atoms with Crippen molar-refractivity contribution >= 4 is 5.97 Å². The van der Waals surface area contributed by atoms with Crippen LogP contribution in [0.5, 0.6) is 0 Å². The second-order valence-corrected chi connectivity index (χ2v) is 5.59. The molecule has 1 aliphatic carbocycles. The Morgan fingerprint density at radius 3 is 2.38 bits per heavy atom. The number of epoxide rings is 1. The fourth-order valence-electron chi connectivity index (χ4n) is 3.54. The van der Waals surface area contributed by atoms with Crippen molar-refractivity contribution in [3.8, 4) is 0 Å². The predicted octanol–water partition coefficient (Wildman–Crippen LogP) is 3.06. The fraction of sp³-hybridized carbons (Fsp3) is 0.278. The fourth-order valence-corrected chi connectivity index (χ4v) is 3.54. The van der Waals surface area contributed by atoms with E-state index in [1.165, 1.54) is 18.2 Å². The van der Waals surface area contributed by atoms with Crippen LogP contribution < -0.4 is 0 Å². The van der Waals surface area contributed by atoms with Crippen LogP contribution in [0.25, 0.3) is 0 Å². The second kappa shape index (κ2) is 4.71. The van der Waals surface area contributed by atoms with Crippen LogP contribution in [-0.4, -0.2) is 19.2 Å². The van der Waals surface area contributed by atoms with Gasteiger partial charge in [-0.1, -0.05) is 54.6 Å². The van der Waals surface area contributed by atoms with E-state index in [0.717, 1.165) is 5.56 Å². The van der Waals surface area contributed by atoms with Gasteiger partial charge in [0, 0.05) is 5.92 Å². The van der Waals surface area contributed by atoms with Gasteiger partial charge in [0.1, 0.15) is 12.2 Å². The molecule has 0 amide bonds. The first kappa shape index (κ1) is 12.6. The van der Waals surface area contributed by atoms with E-state index in [0.29, 0.717) is 0 Å². The molecule has 1 aliphatic heterocycles. The lowest BCUT2D eigenvalue weighted by Crippen LogP contribution is -2.32. The maximum Gasteiger partial charge on any atom is 0.312 e. The van der Waals surface area contributed by atoms with E-state index in [4.69, 9.17) is 9.47 Å². The number of ether oxygens (including phenoxy) is 2. The third-order valence-electron chi connectivity index (χ3n) is 4.51. The Kier molecular flexibility index (Phi) is 2.82. The molecule has 1 saturated heterocycles. The molecule has 0 aromatic heterocycles. The summed E-state index contributed by atoms with van der Waals surface area (Å²) < 4.78 is 10.8. The van der Waals surface area contributed by atoms with Crippen LogP contribution in [0.4, 0.5) is 0 Å². The van der Waals surface area contributed by atoms with Crippen molar-refractivity contribution in [3.05, 3.63) is 71.3 Å². The normalized spacial score (nSPS) is 29.2. The lowest BCUT2D eigenvalue weighted by molar-refractivity contribution is -0.146. The lowest BCUT2D eigenvalue weighted by atomic mass is 9.72. The van der Waals surface area contributed by atoms with E-state index in [9.17, 15) is 4.79 Å². The molecule has 3 heteroatoms. The first-order chi connectivity index (χ1) is 10.3. The van der Waals surface area contributed by atoms with E-state index in [1.807, 2.05) is 30.3 Å². The molecule has 4 rings (SSSR count). The van der Waals surface area contributed by atoms with E-state index >= 15 is 0 Å². The minimum atomic E-state index is -0.266. The van der Waals surface area contributed by atoms with Gasteiger partial charge in [-0.05, 0) is 16.7 Å². The monoisotopic (exact) mass is 280 g/mol. The summed E-state index contributed by atoms with van der Waals surface area (Å²) in [6.45, 7) is 0. The molecule has 1 fully saturated rings. The van der Waals surface area contributed by atoms with Gasteiger partial charge in [-0.3, -0.25) is 4.79 Å². The van der Waals surface area contributed by atoms with Crippen LogP contribution in [0.3, 0.4) is 0 Å². The first-order valence-corrected chi connectivity index (χ1v) is 7.18. The maximum absolute atomic E-state index is 12.3. The Labute approximate surface area is 123 Å². The van der Waals surface area contributed by atoms with Gasteiger partial charge in [-0.2, -0.15) is 0 Å². The molecule has 2 aromatic rings. The topological polar surface area (TPSA) is 38.8 Å². The van der Waals surface area contributed by atoms with Crippen molar-refractivity contribution in [1.82, 2.24) is 0 Å². The summed E-state index contributed by atoms with van der Waals surface area (Å²) in [6, 6.07) is 18.4. The van der Waals surface area contributed by atoms with Crippen LogP contribution in [-0.2, 0) is 14.3 Å². The van der Waals surface area contributed by atoms with Gasteiger partial charge in [0.2, 0.25) is 0 Å². The van der Waals surface area contributed by atoms with Crippen LogP contribution in [0, 0.1) is 5.92 Å². The maximum atomic E-state index is 12.3. The van der Waals surface area contributed by atoms with Gasteiger partial charge in [-0.25, -0.2) is 0 Å². The number of hydrogen-bond acceptors (Lipinski definition) is 3. The van der Waals surface area contributed by atoms with E-state index in [1.54, 1.807) is 0 Å². The third-order valence-corrected chi connectivity index (χ3v) is 4.51. The Hall–Kier alpha value is -2.13. The van der Waals surface area contributed by atoms with Crippen molar-refractivity contribution in [1.29, 1.82) is 0 Å². The molecule has 0 N–H and O–H groups in total. The van der Waals surface area contributed by atoms with Gasteiger partial charge in [0.05, 0.1) is 13.0 Å². The Morgan fingerprint density at radius 1 is 1.00 bits per heavy atom. The highest BCUT2D eigenvalue weighted by atomic mass is 16.6. The van der Waals surface area contributed by atoms with Crippen molar-refractivity contribution < 1.29 is 14.3 Å². The molecule has 4 atom stereocenters. The number of methoxy groups -OCH3 is 1. The van der Waals surface area contributed by atoms with Crippen LogP contribution in [0.1, 0.15) is 28.7 Å². The molecule has 0 spiro atoms. The molecule has 3 nitrogen and oxygen atoms in total. The van der Waals surface area contributed by atoms with Gasteiger partial charge < -0.3 is 9.47 Å². The lowest BCUT2D eigenvalue weighted by Gasteiger charge is -2.29. The quantitative estimate of drug-likeness (QED) is 0.627. The summed E-state index contributed by atoms with van der Waals surface area (Å²) >= 11 is 0. The minimum Gasteiger partial charge on any atom is -0.469 e. The van der Waals surface area contributed by atoms with Crippen molar-refractivity contribution in [3.63, 3.8) is 0 Å². The zero-order valence-corrected chi connectivity index (χ0v) is 11.7. The molecule has 0 saturated carbocycles. The SMILES string of the molecule is COC(=O)[C@H]1[C@H](c2ccccc2)c2ccccc2[C@H]2O[C@@H]12. The highest BCUT2D eigenvalue weighted by molar-refractivity contribution is 5.77. The number of rotatable bonds is 2. The first-order valence-electron chi connectivity index (χ1n) is 7.18. The molecule has 0 unspecified atom stereocenters. The molecule has 1 heterocycles. The molecular formula is C18H16O3. The minimum absolute atomic E-state index is 0.00130. The second-order valence-electron chi connectivity index (χ2n) is 5.59. The molecule has 106 valence electrons. The van der Waals surface area contributed by atoms with Gasteiger partial charge in [-0.15, -0.1) is 0 Å². The summed E-state index contributed by atoms with van der Waals surface area (Å²) in [5, 5.41) is 0. The van der Waals surface area contributed by atoms with Crippen molar-refractivity contribution in [2.75, 3.05) is 7.11 Å². The smallest absolute Gasteiger partial charge is 0.312 e. The van der Waals surface area contributed by atoms with Crippen LogP contribution in [0.2, 0.25) is 0 Å². The third kappa shape index (κ3) is 1.88. The number of benzene rings is 2. The zero-order valence-electron chi connectivity index (χ0n) is 11.7. The Balaban J connectivity index is 1.88. The zero-order chi connectivity index (χ0) is 14.4. The number of esters is 1. The summed E-state index contributed by atoms with van der Waals surface area (Å²) in [6.07, 6.45) is -0.0113. The van der Waals surface area contributed by atoms with E-state index < -0.39 is 0 Å². The number of hydrogen-bond donors (Lipinski definition) is 0. The van der Waals surface area contributed by atoms with E-state index in [-0.39, 0.29) is 30.0 Å². The van der Waals surface area contributed by atoms with Crippen molar-refractivity contribution in [2.45, 2.75) is 18.1 Å². The van der Waals surface area contributed by atoms with Gasteiger partial charge >= 0.3 is 5.97 Å². The molecule has 2 aromatic carbocycles. The van der Waals surface area contributed by atoms with Gasteiger partial charge in [0.15, 0.2) is 0 Å². The summed E-state index contributed by atoms with van der Waals surface area (Å²) in [7, 11) is 1.45. The number of fused-ring (bicyclic) bond motifs is 3. The van der Waals surface area contributed by atoms with E-state index in [2.05, 4.69) is 24.3 Å². The van der Waals surface area contributed by atoms with Gasteiger partial charge in [0.25, 0.3) is 0 Å². The average molecular weight is 280 g/mol.